The number of ether oxygens (including phenoxy) is 1. The molecule has 0 heterocycles. The molecule has 2 rings (SSSR count). The Bertz CT molecular complexity index is 511. The molecule has 2 nitrogen and oxygen atoms in total. The second-order valence-corrected chi connectivity index (χ2v) is 5.86. The van der Waals surface area contributed by atoms with E-state index in [0.29, 0.717) is 13.0 Å². The first-order valence-electron chi connectivity index (χ1n) is 7.73. The molecule has 22 heavy (non-hydrogen) atoms. The van der Waals surface area contributed by atoms with Crippen molar-refractivity contribution < 1.29 is 22.7 Å². The molecule has 0 saturated heterocycles. The van der Waals surface area contributed by atoms with E-state index in [-0.39, 0.29) is 17.8 Å². The van der Waals surface area contributed by atoms with Gasteiger partial charge in [-0.05, 0) is 49.7 Å². The van der Waals surface area contributed by atoms with Gasteiger partial charge in [0.15, 0.2) is 0 Å². The van der Waals surface area contributed by atoms with E-state index in [1.54, 1.807) is 13.0 Å². The average Bonchev–Trinajstić information content (AvgIpc) is 2.47. The third kappa shape index (κ3) is 4.49. The second kappa shape index (κ2) is 7.16. The molecule has 1 fully saturated rings. The van der Waals surface area contributed by atoms with Crippen LogP contribution in [-0.2, 0) is 15.7 Å². The summed E-state index contributed by atoms with van der Waals surface area (Å²) in [7, 11) is 0. The fraction of sp³-hybridized carbons (Fsp3) is 0.588. The minimum absolute atomic E-state index is 0.0930. The lowest BCUT2D eigenvalue weighted by Crippen LogP contribution is -2.19. The molecule has 2 atom stereocenters. The van der Waals surface area contributed by atoms with Crippen LogP contribution in [0.25, 0.3) is 0 Å². The molecule has 1 aliphatic rings. The summed E-state index contributed by atoms with van der Waals surface area (Å²) in [5.41, 5.74) is 0.126. The first kappa shape index (κ1) is 16.8. The van der Waals surface area contributed by atoms with Crippen molar-refractivity contribution in [3.63, 3.8) is 0 Å². The van der Waals surface area contributed by atoms with Gasteiger partial charge in [-0.2, -0.15) is 13.2 Å². The van der Waals surface area contributed by atoms with Gasteiger partial charge in [0.2, 0.25) is 0 Å². The summed E-state index contributed by atoms with van der Waals surface area (Å²) in [6.45, 7) is 2.13. The number of carbonyl (C=O) groups is 1. The fourth-order valence-electron chi connectivity index (χ4n) is 3.20. The summed E-state index contributed by atoms with van der Waals surface area (Å²) in [6.07, 6.45) is -0.446. The molecule has 0 spiro atoms. The van der Waals surface area contributed by atoms with Crippen molar-refractivity contribution in [3.8, 4) is 0 Å². The van der Waals surface area contributed by atoms with E-state index in [2.05, 4.69) is 0 Å². The van der Waals surface area contributed by atoms with Crippen LogP contribution >= 0.6 is 0 Å². The predicted molar refractivity (Wildman–Crippen MR) is 77.4 cm³/mol. The van der Waals surface area contributed by atoms with Crippen LogP contribution in [0.15, 0.2) is 24.3 Å². The van der Waals surface area contributed by atoms with E-state index in [9.17, 15) is 18.0 Å². The van der Waals surface area contributed by atoms with Crippen LogP contribution in [-0.4, -0.2) is 12.6 Å². The van der Waals surface area contributed by atoms with E-state index in [0.717, 1.165) is 37.3 Å². The van der Waals surface area contributed by atoms with Gasteiger partial charge in [-0.3, -0.25) is 4.79 Å². The van der Waals surface area contributed by atoms with Gasteiger partial charge in [-0.25, -0.2) is 0 Å². The van der Waals surface area contributed by atoms with Gasteiger partial charge >= 0.3 is 12.1 Å². The number of alkyl halides is 3. The van der Waals surface area contributed by atoms with Crippen molar-refractivity contribution in [2.24, 2.45) is 5.92 Å². The Hall–Kier alpha value is -1.52. The zero-order chi connectivity index (χ0) is 16.2. The summed E-state index contributed by atoms with van der Waals surface area (Å²) in [5, 5.41) is 0. The van der Waals surface area contributed by atoms with Crippen LogP contribution in [0.5, 0.6) is 0 Å². The summed E-state index contributed by atoms with van der Waals surface area (Å²) >= 11 is 0. The number of hydrogen-bond donors (Lipinski definition) is 0. The number of halogens is 3. The maximum absolute atomic E-state index is 12.8. The van der Waals surface area contributed by atoms with Crippen LogP contribution in [0, 0.1) is 5.92 Å². The predicted octanol–water partition coefficient (Wildman–Crippen LogP) is 4.93. The maximum atomic E-state index is 12.8. The van der Waals surface area contributed by atoms with Crippen LogP contribution in [0.3, 0.4) is 0 Å². The topological polar surface area (TPSA) is 26.3 Å². The van der Waals surface area contributed by atoms with Crippen molar-refractivity contribution in [1.82, 2.24) is 0 Å². The largest absolute Gasteiger partial charge is 0.466 e. The summed E-state index contributed by atoms with van der Waals surface area (Å²) in [5.74, 6) is 0.0833. The number of hydrogen-bond acceptors (Lipinski definition) is 2. The molecule has 1 aliphatic carbocycles. The van der Waals surface area contributed by atoms with E-state index in [1.165, 1.54) is 12.1 Å². The Morgan fingerprint density at radius 2 is 2.09 bits per heavy atom. The van der Waals surface area contributed by atoms with E-state index < -0.39 is 11.7 Å². The summed E-state index contributed by atoms with van der Waals surface area (Å²) < 4.78 is 43.4. The molecule has 0 aromatic heterocycles. The normalized spacial score (nSPS) is 22.4. The maximum Gasteiger partial charge on any atom is 0.416 e. The highest BCUT2D eigenvalue weighted by Crippen LogP contribution is 2.39. The third-order valence-electron chi connectivity index (χ3n) is 4.23. The summed E-state index contributed by atoms with van der Waals surface area (Å²) in [4.78, 5) is 11.6. The first-order valence-corrected chi connectivity index (χ1v) is 7.73. The van der Waals surface area contributed by atoms with E-state index in [4.69, 9.17) is 4.74 Å². The number of carbonyl (C=O) groups excluding carboxylic acids is 1. The minimum Gasteiger partial charge on any atom is -0.466 e. The Kier molecular flexibility index (Phi) is 5.48. The first-order chi connectivity index (χ1) is 10.4. The smallest absolute Gasteiger partial charge is 0.416 e. The molecule has 122 valence electrons. The Labute approximate surface area is 128 Å². The molecule has 0 unspecified atom stereocenters. The molecule has 0 bridgehead atoms. The van der Waals surface area contributed by atoms with Crippen LogP contribution in [0.2, 0.25) is 0 Å². The third-order valence-corrected chi connectivity index (χ3v) is 4.23. The Morgan fingerprint density at radius 3 is 2.77 bits per heavy atom. The fourth-order valence-corrected chi connectivity index (χ4v) is 3.20. The van der Waals surface area contributed by atoms with Gasteiger partial charge < -0.3 is 4.74 Å². The van der Waals surface area contributed by atoms with Gasteiger partial charge in [0, 0.05) is 6.42 Å². The second-order valence-electron chi connectivity index (χ2n) is 5.86. The SMILES string of the molecule is CCOC(=O)C[C@@H]1CCC[C@H](c2cccc(C(F)(F)F)c2)C1. The molecule has 1 aromatic rings. The van der Waals surface area contributed by atoms with Gasteiger partial charge in [-0.1, -0.05) is 24.6 Å². The Balaban J connectivity index is 2.04. The van der Waals surface area contributed by atoms with Crippen molar-refractivity contribution in [2.45, 2.75) is 51.1 Å². The highest BCUT2D eigenvalue weighted by atomic mass is 19.4. The lowest BCUT2D eigenvalue weighted by Gasteiger charge is -2.29. The standard InChI is InChI=1S/C17H21F3O2/c1-2-22-16(21)10-12-5-3-6-13(9-12)14-7-4-8-15(11-14)17(18,19)20/h4,7-8,11-13H,2-3,5-6,9-10H2,1H3/t12-,13+/m1/s1. The zero-order valence-corrected chi connectivity index (χ0v) is 12.7. The quantitative estimate of drug-likeness (QED) is 0.736. The Morgan fingerprint density at radius 1 is 1.32 bits per heavy atom. The zero-order valence-electron chi connectivity index (χ0n) is 12.7. The van der Waals surface area contributed by atoms with Crippen molar-refractivity contribution >= 4 is 5.97 Å². The number of benzene rings is 1. The highest BCUT2D eigenvalue weighted by Gasteiger charge is 2.32. The van der Waals surface area contributed by atoms with Crippen LogP contribution in [0.1, 0.15) is 56.1 Å². The van der Waals surface area contributed by atoms with E-state index in [1.807, 2.05) is 0 Å². The molecule has 5 heteroatoms. The lowest BCUT2D eigenvalue weighted by molar-refractivity contribution is -0.144. The molecule has 0 radical (unpaired) electrons. The molecule has 1 aromatic carbocycles. The number of esters is 1. The van der Waals surface area contributed by atoms with E-state index >= 15 is 0 Å². The minimum atomic E-state index is -4.31. The van der Waals surface area contributed by atoms with Crippen LogP contribution < -0.4 is 0 Å². The lowest BCUT2D eigenvalue weighted by atomic mass is 9.76. The molecule has 0 aliphatic heterocycles. The molecular formula is C17H21F3O2. The summed E-state index contributed by atoms with van der Waals surface area (Å²) in [6, 6.07) is 5.57. The van der Waals surface area contributed by atoms with Gasteiger partial charge in [0.05, 0.1) is 12.2 Å². The van der Waals surface area contributed by atoms with Crippen molar-refractivity contribution in [3.05, 3.63) is 35.4 Å². The van der Waals surface area contributed by atoms with Crippen molar-refractivity contribution in [1.29, 1.82) is 0 Å². The van der Waals surface area contributed by atoms with Crippen LogP contribution in [0.4, 0.5) is 13.2 Å². The average molecular weight is 314 g/mol. The van der Waals surface area contributed by atoms with Gasteiger partial charge in [0.25, 0.3) is 0 Å². The molecule has 0 N–H and O–H groups in total. The molecular weight excluding hydrogens is 293 g/mol. The van der Waals surface area contributed by atoms with Gasteiger partial charge in [-0.15, -0.1) is 0 Å². The molecule has 1 saturated carbocycles. The van der Waals surface area contributed by atoms with Crippen molar-refractivity contribution in [2.75, 3.05) is 6.61 Å². The molecule has 0 amide bonds. The van der Waals surface area contributed by atoms with Gasteiger partial charge in [0.1, 0.15) is 0 Å². The highest BCUT2D eigenvalue weighted by molar-refractivity contribution is 5.69. The monoisotopic (exact) mass is 314 g/mol. The number of rotatable bonds is 4.